The third-order valence-electron chi connectivity index (χ3n) is 6.84. The fourth-order valence-electron chi connectivity index (χ4n) is 5.02. The van der Waals surface area contributed by atoms with Crippen LogP contribution >= 0.6 is 0 Å². The third-order valence-corrected chi connectivity index (χ3v) is 6.84. The van der Waals surface area contributed by atoms with Gasteiger partial charge in [0.05, 0.1) is 14.2 Å². The van der Waals surface area contributed by atoms with Gasteiger partial charge in [0.2, 0.25) is 0 Å². The number of carbonyl (C=O) groups excluding carboxylic acids is 2. The molecule has 1 spiro atoms. The lowest BCUT2D eigenvalue weighted by molar-refractivity contribution is -0.135. The molecule has 0 aliphatic carbocycles. The number of benzene rings is 2. The summed E-state index contributed by atoms with van der Waals surface area (Å²) >= 11 is 0. The Morgan fingerprint density at radius 2 is 1.62 bits per heavy atom. The minimum absolute atomic E-state index is 0.0697. The summed E-state index contributed by atoms with van der Waals surface area (Å²) in [6.45, 7) is 4.98. The van der Waals surface area contributed by atoms with Crippen molar-refractivity contribution in [3.63, 3.8) is 0 Å². The molecule has 0 bridgehead atoms. The SMILES string of the molecule is CCN1C(=O)N(C/C=C/c2ccccc2)C(=O)C12CCN(Cc1cc(OC)cc(OC)c1)CC2. The van der Waals surface area contributed by atoms with Crippen molar-refractivity contribution in [2.45, 2.75) is 31.8 Å². The van der Waals surface area contributed by atoms with Crippen molar-refractivity contribution in [2.24, 2.45) is 0 Å². The van der Waals surface area contributed by atoms with E-state index in [1.54, 1.807) is 19.1 Å². The van der Waals surface area contributed by atoms with Gasteiger partial charge < -0.3 is 14.4 Å². The number of likely N-dealkylation sites (tertiary alicyclic amines) is 1. The summed E-state index contributed by atoms with van der Waals surface area (Å²) in [5.74, 6) is 1.45. The predicted molar refractivity (Wildman–Crippen MR) is 132 cm³/mol. The van der Waals surface area contributed by atoms with Gasteiger partial charge in [-0.25, -0.2) is 4.79 Å². The molecule has 0 saturated carbocycles. The molecule has 0 unspecified atom stereocenters. The van der Waals surface area contributed by atoms with E-state index in [9.17, 15) is 9.59 Å². The Labute approximate surface area is 201 Å². The molecule has 7 heteroatoms. The molecule has 0 N–H and O–H groups in total. The molecule has 3 amide bonds. The molecule has 180 valence electrons. The van der Waals surface area contributed by atoms with Gasteiger partial charge in [-0.3, -0.25) is 14.6 Å². The van der Waals surface area contributed by atoms with Crippen LogP contribution in [-0.4, -0.2) is 72.6 Å². The fourth-order valence-corrected chi connectivity index (χ4v) is 5.02. The summed E-state index contributed by atoms with van der Waals surface area (Å²) in [6.07, 6.45) is 5.10. The molecule has 2 aliphatic rings. The molecule has 2 aromatic carbocycles. The van der Waals surface area contributed by atoms with Crippen LogP contribution in [0.25, 0.3) is 6.08 Å². The summed E-state index contributed by atoms with van der Waals surface area (Å²) < 4.78 is 10.8. The summed E-state index contributed by atoms with van der Waals surface area (Å²) in [5.41, 5.74) is 1.40. The number of ether oxygens (including phenoxy) is 2. The molecule has 0 atom stereocenters. The summed E-state index contributed by atoms with van der Waals surface area (Å²) in [7, 11) is 3.29. The van der Waals surface area contributed by atoms with Gasteiger partial charge in [-0.1, -0.05) is 42.5 Å². The maximum absolute atomic E-state index is 13.5. The van der Waals surface area contributed by atoms with Crippen LogP contribution in [0.15, 0.2) is 54.6 Å². The Bertz CT molecular complexity index is 1020. The van der Waals surface area contributed by atoms with E-state index in [-0.39, 0.29) is 18.5 Å². The molecule has 2 heterocycles. The zero-order chi connectivity index (χ0) is 24.1. The first-order valence-corrected chi connectivity index (χ1v) is 11.8. The van der Waals surface area contributed by atoms with Crippen molar-refractivity contribution in [2.75, 3.05) is 40.4 Å². The largest absolute Gasteiger partial charge is 0.497 e. The smallest absolute Gasteiger partial charge is 0.327 e. The first-order valence-electron chi connectivity index (χ1n) is 11.8. The van der Waals surface area contributed by atoms with E-state index in [2.05, 4.69) is 4.90 Å². The van der Waals surface area contributed by atoms with Crippen molar-refractivity contribution < 1.29 is 19.1 Å². The molecule has 4 rings (SSSR count). The number of piperidine rings is 1. The van der Waals surface area contributed by atoms with Gasteiger partial charge in [0.1, 0.15) is 17.0 Å². The standard InChI is InChI=1S/C27H33N3O4/c1-4-30-26(32)29(14-8-11-21-9-6-5-7-10-21)25(31)27(30)12-15-28(16-13-27)20-22-17-23(33-2)19-24(18-22)34-3/h5-11,17-19H,4,12-16,20H2,1-3H3/b11-8+. The van der Waals surface area contributed by atoms with Crippen molar-refractivity contribution in [3.8, 4) is 11.5 Å². The Hall–Kier alpha value is -3.32. The van der Waals surface area contributed by atoms with E-state index in [0.717, 1.165) is 42.3 Å². The minimum Gasteiger partial charge on any atom is -0.497 e. The van der Waals surface area contributed by atoms with Crippen LogP contribution in [0.4, 0.5) is 4.79 Å². The Balaban J connectivity index is 1.43. The Morgan fingerprint density at radius 3 is 2.21 bits per heavy atom. The van der Waals surface area contributed by atoms with E-state index in [4.69, 9.17) is 9.47 Å². The maximum Gasteiger partial charge on any atom is 0.327 e. The van der Waals surface area contributed by atoms with Crippen molar-refractivity contribution in [3.05, 3.63) is 65.7 Å². The second-order valence-electron chi connectivity index (χ2n) is 8.78. The number of amides is 3. The Kier molecular flexibility index (Phi) is 7.22. The highest BCUT2D eigenvalue weighted by Crippen LogP contribution is 2.37. The molecule has 0 radical (unpaired) electrons. The van der Waals surface area contributed by atoms with Crippen molar-refractivity contribution in [1.82, 2.24) is 14.7 Å². The highest BCUT2D eigenvalue weighted by atomic mass is 16.5. The zero-order valence-electron chi connectivity index (χ0n) is 20.2. The predicted octanol–water partition coefficient (Wildman–Crippen LogP) is 4.04. The van der Waals surface area contributed by atoms with Crippen LogP contribution in [0, 0.1) is 0 Å². The second kappa shape index (κ2) is 10.3. The topological polar surface area (TPSA) is 62.3 Å². The maximum atomic E-state index is 13.5. The highest BCUT2D eigenvalue weighted by molar-refractivity contribution is 6.07. The number of rotatable bonds is 8. The van der Waals surface area contributed by atoms with Gasteiger partial charge in [0.15, 0.2) is 0 Å². The normalized spacial score (nSPS) is 18.3. The number of hydrogen-bond acceptors (Lipinski definition) is 5. The number of nitrogens with zero attached hydrogens (tertiary/aromatic N) is 3. The van der Waals surface area contributed by atoms with Crippen LogP contribution in [-0.2, 0) is 11.3 Å². The summed E-state index contributed by atoms with van der Waals surface area (Å²) in [4.78, 5) is 32.2. The lowest BCUT2D eigenvalue weighted by Crippen LogP contribution is -2.56. The van der Waals surface area contributed by atoms with E-state index >= 15 is 0 Å². The van der Waals surface area contributed by atoms with Crippen molar-refractivity contribution >= 4 is 18.0 Å². The van der Waals surface area contributed by atoms with Gasteiger partial charge in [-0.05, 0) is 43.0 Å². The van der Waals surface area contributed by atoms with Crippen molar-refractivity contribution in [1.29, 1.82) is 0 Å². The van der Waals surface area contributed by atoms with Gasteiger partial charge in [0.25, 0.3) is 5.91 Å². The van der Waals surface area contributed by atoms with Gasteiger partial charge >= 0.3 is 6.03 Å². The van der Waals surface area contributed by atoms with E-state index in [0.29, 0.717) is 19.4 Å². The molecule has 2 aliphatic heterocycles. The Morgan fingerprint density at radius 1 is 0.971 bits per heavy atom. The second-order valence-corrected chi connectivity index (χ2v) is 8.78. The number of likely N-dealkylation sites (N-methyl/N-ethyl adjacent to an activating group) is 1. The molecule has 0 aromatic heterocycles. The van der Waals surface area contributed by atoms with Crippen LogP contribution in [0.1, 0.15) is 30.9 Å². The summed E-state index contributed by atoms with van der Waals surface area (Å²) in [6, 6.07) is 15.6. The number of carbonyl (C=O) groups is 2. The molecule has 34 heavy (non-hydrogen) atoms. The molecular weight excluding hydrogens is 430 g/mol. The lowest BCUT2D eigenvalue weighted by Gasteiger charge is -2.42. The first-order chi connectivity index (χ1) is 16.5. The molecule has 7 nitrogen and oxygen atoms in total. The molecule has 2 saturated heterocycles. The molecular formula is C27H33N3O4. The molecule has 2 fully saturated rings. The third kappa shape index (κ3) is 4.66. The quantitative estimate of drug-likeness (QED) is 0.553. The monoisotopic (exact) mass is 463 g/mol. The first kappa shape index (κ1) is 23.8. The average molecular weight is 464 g/mol. The van der Waals surface area contributed by atoms with Crippen LogP contribution in [0.2, 0.25) is 0 Å². The fraction of sp³-hybridized carbons (Fsp3) is 0.407. The number of imide groups is 1. The average Bonchev–Trinajstić information content (AvgIpc) is 3.06. The lowest BCUT2D eigenvalue weighted by atomic mass is 9.85. The van der Waals surface area contributed by atoms with Gasteiger partial charge in [-0.15, -0.1) is 0 Å². The van der Waals surface area contributed by atoms with Crippen LogP contribution in [0.5, 0.6) is 11.5 Å². The summed E-state index contributed by atoms with van der Waals surface area (Å²) in [5, 5.41) is 0. The number of methoxy groups -OCH3 is 2. The zero-order valence-corrected chi connectivity index (χ0v) is 20.2. The highest BCUT2D eigenvalue weighted by Gasteiger charge is 2.56. The van der Waals surface area contributed by atoms with Crippen LogP contribution < -0.4 is 9.47 Å². The van der Waals surface area contributed by atoms with E-state index in [1.807, 2.05) is 67.6 Å². The van der Waals surface area contributed by atoms with Gasteiger partial charge in [-0.2, -0.15) is 0 Å². The molecule has 2 aromatic rings. The number of urea groups is 1. The van der Waals surface area contributed by atoms with Crippen LogP contribution in [0.3, 0.4) is 0 Å². The number of hydrogen-bond donors (Lipinski definition) is 0. The van der Waals surface area contributed by atoms with E-state index < -0.39 is 5.54 Å². The van der Waals surface area contributed by atoms with Gasteiger partial charge in [0, 0.05) is 38.8 Å². The van der Waals surface area contributed by atoms with E-state index in [1.165, 1.54) is 4.90 Å². The minimum atomic E-state index is -0.741.